The molecule has 0 bridgehead atoms. The van der Waals surface area contributed by atoms with Crippen LogP contribution >= 0.6 is 0 Å². The van der Waals surface area contributed by atoms with Gasteiger partial charge in [0.1, 0.15) is 18.7 Å². The summed E-state index contributed by atoms with van der Waals surface area (Å²) in [6.07, 6.45) is 0.596. The molecule has 8 nitrogen and oxygen atoms in total. The van der Waals surface area contributed by atoms with Crippen molar-refractivity contribution in [2.24, 2.45) is 0 Å². The number of carbonyl (C=O) groups is 3. The van der Waals surface area contributed by atoms with E-state index in [9.17, 15) is 19.5 Å². The molecule has 1 fully saturated rings. The van der Waals surface area contributed by atoms with E-state index in [1.54, 1.807) is 7.11 Å². The van der Waals surface area contributed by atoms with Gasteiger partial charge in [-0.1, -0.05) is 48.5 Å². The molecule has 2 unspecified atom stereocenters. The summed E-state index contributed by atoms with van der Waals surface area (Å²) in [5.41, 5.74) is 4.47. The minimum absolute atomic E-state index is 0.0856. The molecule has 174 valence electrons. The van der Waals surface area contributed by atoms with Crippen molar-refractivity contribution >= 4 is 18.0 Å². The Morgan fingerprint density at radius 3 is 2.27 bits per heavy atom. The van der Waals surface area contributed by atoms with Gasteiger partial charge in [0.25, 0.3) is 0 Å². The lowest BCUT2D eigenvalue weighted by molar-refractivity contribution is -0.158. The van der Waals surface area contributed by atoms with Crippen LogP contribution in [0.15, 0.2) is 48.5 Å². The van der Waals surface area contributed by atoms with Crippen LogP contribution in [0.4, 0.5) is 4.79 Å². The molecule has 4 rings (SSSR count). The molecule has 2 aromatic rings. The van der Waals surface area contributed by atoms with E-state index >= 15 is 0 Å². The quantitative estimate of drug-likeness (QED) is 0.567. The fraction of sp³-hybridized carbons (Fsp3) is 0.400. The Hall–Kier alpha value is -3.39. The van der Waals surface area contributed by atoms with Gasteiger partial charge >= 0.3 is 12.1 Å². The third-order valence-corrected chi connectivity index (χ3v) is 6.36. The Morgan fingerprint density at radius 2 is 1.73 bits per heavy atom. The average molecular weight is 453 g/mol. The maximum Gasteiger partial charge on any atom is 0.407 e. The first-order chi connectivity index (χ1) is 16.0. The van der Waals surface area contributed by atoms with Crippen molar-refractivity contribution in [3.05, 3.63) is 59.7 Å². The maximum absolute atomic E-state index is 12.9. The number of alkyl carbamates (subject to hydrolysis) is 1. The van der Waals surface area contributed by atoms with Crippen molar-refractivity contribution in [2.75, 3.05) is 26.9 Å². The zero-order valence-electron chi connectivity index (χ0n) is 18.5. The molecule has 0 radical (unpaired) electrons. The predicted octanol–water partition coefficient (Wildman–Crippen LogP) is 3.01. The van der Waals surface area contributed by atoms with Crippen LogP contribution in [0, 0.1) is 0 Å². The first kappa shape index (κ1) is 22.8. The molecule has 2 N–H and O–H groups in total. The van der Waals surface area contributed by atoms with Crippen LogP contribution in [0.3, 0.4) is 0 Å². The first-order valence-corrected chi connectivity index (χ1v) is 11.1. The lowest BCUT2D eigenvalue weighted by Crippen LogP contribution is -2.60. The van der Waals surface area contributed by atoms with Gasteiger partial charge in [-0.15, -0.1) is 0 Å². The second-order valence-electron chi connectivity index (χ2n) is 8.33. The highest BCUT2D eigenvalue weighted by Gasteiger charge is 2.40. The van der Waals surface area contributed by atoms with Gasteiger partial charge < -0.3 is 24.8 Å². The molecule has 2 aliphatic rings. The summed E-state index contributed by atoms with van der Waals surface area (Å²) in [4.78, 5) is 38.2. The van der Waals surface area contributed by atoms with Crippen LogP contribution in [0.25, 0.3) is 11.1 Å². The van der Waals surface area contributed by atoms with Crippen LogP contribution in [0.2, 0.25) is 0 Å². The molecule has 8 heteroatoms. The summed E-state index contributed by atoms with van der Waals surface area (Å²) < 4.78 is 10.6. The van der Waals surface area contributed by atoms with E-state index in [0.717, 1.165) is 22.3 Å². The Balaban J connectivity index is 1.41. The van der Waals surface area contributed by atoms with Crippen LogP contribution in [-0.2, 0) is 19.1 Å². The summed E-state index contributed by atoms with van der Waals surface area (Å²) in [7, 11) is 1.56. The average Bonchev–Trinajstić information content (AvgIpc) is 3.10. The number of fused-ring (bicyclic) bond motifs is 3. The summed E-state index contributed by atoms with van der Waals surface area (Å²) in [6.45, 7) is 0.932. The number of hydrogen-bond acceptors (Lipinski definition) is 5. The van der Waals surface area contributed by atoms with Crippen LogP contribution in [0.1, 0.15) is 36.3 Å². The molecule has 33 heavy (non-hydrogen) atoms. The van der Waals surface area contributed by atoms with E-state index < -0.39 is 30.1 Å². The van der Waals surface area contributed by atoms with E-state index in [1.165, 1.54) is 4.90 Å². The monoisotopic (exact) mass is 452 g/mol. The van der Waals surface area contributed by atoms with Gasteiger partial charge in [0.05, 0.1) is 0 Å². The Labute approximate surface area is 192 Å². The molecule has 1 heterocycles. The van der Waals surface area contributed by atoms with Gasteiger partial charge in [0, 0.05) is 26.2 Å². The smallest absolute Gasteiger partial charge is 0.407 e. The van der Waals surface area contributed by atoms with Crippen molar-refractivity contribution in [1.29, 1.82) is 0 Å². The molecule has 2 amide bonds. The zero-order valence-corrected chi connectivity index (χ0v) is 18.5. The number of nitrogens with one attached hydrogen (secondary N) is 1. The molecule has 2 aromatic carbocycles. The summed E-state index contributed by atoms with van der Waals surface area (Å²) >= 11 is 0. The normalized spacial score (nSPS) is 17.5. The van der Waals surface area contributed by atoms with E-state index in [2.05, 4.69) is 17.4 Å². The summed E-state index contributed by atoms with van der Waals surface area (Å²) in [5.74, 6) is -1.53. The predicted molar refractivity (Wildman–Crippen MR) is 121 cm³/mol. The van der Waals surface area contributed by atoms with Gasteiger partial charge in [-0.05, 0) is 41.5 Å². The number of carboxylic acid groups (broad SMARTS) is 1. The lowest BCUT2D eigenvalue weighted by Gasteiger charge is -2.40. The topological polar surface area (TPSA) is 105 Å². The lowest BCUT2D eigenvalue weighted by atomic mass is 9.98. The largest absolute Gasteiger partial charge is 0.480 e. The second kappa shape index (κ2) is 10.0. The van der Waals surface area contributed by atoms with E-state index in [-0.39, 0.29) is 12.5 Å². The fourth-order valence-corrected chi connectivity index (χ4v) is 4.58. The molecule has 1 aliphatic carbocycles. The number of amides is 2. The van der Waals surface area contributed by atoms with E-state index in [0.29, 0.717) is 32.4 Å². The number of likely N-dealkylation sites (tertiary alicyclic amines) is 1. The molecule has 0 saturated carbocycles. The molecule has 1 saturated heterocycles. The third kappa shape index (κ3) is 4.71. The Kier molecular flexibility index (Phi) is 6.93. The number of aliphatic carboxylic acids is 1. The van der Waals surface area contributed by atoms with Crippen LogP contribution in [0.5, 0.6) is 0 Å². The maximum atomic E-state index is 12.9. The van der Waals surface area contributed by atoms with E-state index in [1.807, 2.05) is 36.4 Å². The first-order valence-electron chi connectivity index (χ1n) is 11.1. The molecular weight excluding hydrogens is 424 g/mol. The Bertz CT molecular complexity index is 994. The van der Waals surface area contributed by atoms with Crippen molar-refractivity contribution < 1.29 is 29.0 Å². The van der Waals surface area contributed by atoms with Gasteiger partial charge in [0.15, 0.2) is 0 Å². The zero-order chi connectivity index (χ0) is 23.4. The number of carboxylic acids is 1. The number of benzene rings is 2. The molecule has 2 atom stereocenters. The van der Waals surface area contributed by atoms with Gasteiger partial charge in [-0.25, -0.2) is 9.59 Å². The second-order valence-corrected chi connectivity index (χ2v) is 8.33. The number of rotatable bonds is 9. The number of ether oxygens (including phenoxy) is 2. The van der Waals surface area contributed by atoms with Crippen molar-refractivity contribution in [2.45, 2.75) is 37.3 Å². The molecule has 0 aromatic heterocycles. The fourth-order valence-electron chi connectivity index (χ4n) is 4.58. The molecule has 1 aliphatic heterocycles. The highest BCUT2D eigenvalue weighted by molar-refractivity contribution is 5.90. The van der Waals surface area contributed by atoms with Gasteiger partial charge in [-0.3, -0.25) is 4.79 Å². The highest BCUT2D eigenvalue weighted by Crippen LogP contribution is 2.44. The highest BCUT2D eigenvalue weighted by atomic mass is 16.5. The SMILES string of the molecule is COCCCC(NC(=O)OCC1c2ccccc2-c2ccccc21)C(=O)N1CCC1C(=O)O. The van der Waals surface area contributed by atoms with Crippen LogP contribution in [-0.4, -0.2) is 66.9 Å². The molecular formula is C25H28N2O6. The third-order valence-electron chi connectivity index (χ3n) is 6.36. The number of methoxy groups -OCH3 is 1. The number of hydrogen-bond donors (Lipinski definition) is 2. The summed E-state index contributed by atoms with van der Waals surface area (Å²) in [6, 6.07) is 14.4. The molecule has 0 spiro atoms. The number of nitrogens with zero attached hydrogens (tertiary/aromatic N) is 1. The van der Waals surface area contributed by atoms with Gasteiger partial charge in [-0.2, -0.15) is 0 Å². The van der Waals surface area contributed by atoms with Crippen molar-refractivity contribution in [3.8, 4) is 11.1 Å². The standard InChI is InChI=1S/C25H28N2O6/c1-32-14-6-11-21(23(28)27-13-12-22(27)24(29)30)26-25(31)33-15-20-18-9-4-2-7-16(18)17-8-3-5-10-19(17)20/h2-5,7-10,20-22H,6,11-15H2,1H3,(H,26,31)(H,29,30). The van der Waals surface area contributed by atoms with Crippen molar-refractivity contribution in [3.63, 3.8) is 0 Å². The van der Waals surface area contributed by atoms with Gasteiger partial charge in [0.2, 0.25) is 5.91 Å². The number of carbonyl (C=O) groups excluding carboxylic acids is 2. The van der Waals surface area contributed by atoms with Crippen LogP contribution < -0.4 is 5.32 Å². The minimum Gasteiger partial charge on any atom is -0.480 e. The summed E-state index contributed by atoms with van der Waals surface area (Å²) in [5, 5.41) is 11.9. The van der Waals surface area contributed by atoms with E-state index in [4.69, 9.17) is 9.47 Å². The van der Waals surface area contributed by atoms with Crippen molar-refractivity contribution in [1.82, 2.24) is 10.2 Å². The Morgan fingerprint density at radius 1 is 1.09 bits per heavy atom. The minimum atomic E-state index is -1.04.